The largest absolute Gasteiger partial charge is 0.348 e. The van der Waals surface area contributed by atoms with Gasteiger partial charge in [-0.2, -0.15) is 0 Å². The molecule has 0 aliphatic carbocycles. The average molecular weight is 480 g/mol. The zero-order chi connectivity index (χ0) is 21.7. The molecule has 9 heteroatoms. The summed E-state index contributed by atoms with van der Waals surface area (Å²) in [6.45, 7) is 0. The van der Waals surface area contributed by atoms with Crippen LogP contribution in [0, 0.1) is 0 Å². The molecule has 0 unspecified atom stereocenters. The molecule has 1 aromatic heterocycles. The van der Waals surface area contributed by atoms with Gasteiger partial charge >= 0.3 is 0 Å². The van der Waals surface area contributed by atoms with Crippen molar-refractivity contribution in [3.8, 4) is 21.7 Å². The molecule has 1 N–H and O–H groups in total. The molecule has 2 amide bonds. The lowest BCUT2D eigenvalue weighted by Crippen LogP contribution is -2.24. The van der Waals surface area contributed by atoms with Crippen LogP contribution in [0.3, 0.4) is 0 Å². The number of thioether (sulfide) groups is 1. The maximum absolute atomic E-state index is 12.3. The first-order valence-electron chi connectivity index (χ1n) is 8.95. The molecule has 0 saturated heterocycles. The molecule has 0 aliphatic rings. The number of rotatable bonds is 7. The molecule has 0 aliphatic heterocycles. The van der Waals surface area contributed by atoms with Crippen LogP contribution < -0.4 is 5.32 Å². The lowest BCUT2D eigenvalue weighted by molar-refractivity contribution is -0.125. The number of aromatic nitrogens is 1. The predicted molar refractivity (Wildman–Crippen MR) is 128 cm³/mol. The fourth-order valence-electron chi connectivity index (χ4n) is 2.55. The molecule has 3 rings (SSSR count). The predicted octanol–water partition coefficient (Wildman–Crippen LogP) is 5.54. The van der Waals surface area contributed by atoms with Gasteiger partial charge in [-0.3, -0.25) is 9.59 Å². The van der Waals surface area contributed by atoms with Gasteiger partial charge in [0.2, 0.25) is 11.8 Å². The summed E-state index contributed by atoms with van der Waals surface area (Å²) in [7, 11) is 3.37. The summed E-state index contributed by atoms with van der Waals surface area (Å²) in [5.41, 5.74) is 2.24. The Hall–Kier alpha value is -2.06. The number of nitrogens with zero attached hydrogens (tertiary/aromatic N) is 2. The van der Waals surface area contributed by atoms with Gasteiger partial charge in [0, 0.05) is 30.2 Å². The van der Waals surface area contributed by atoms with E-state index in [1.165, 1.54) is 28.0 Å². The van der Waals surface area contributed by atoms with Crippen LogP contribution in [0.25, 0.3) is 21.7 Å². The van der Waals surface area contributed by atoms with Gasteiger partial charge in [-0.15, -0.1) is 11.8 Å². The summed E-state index contributed by atoms with van der Waals surface area (Å²) in [4.78, 5) is 30.9. The van der Waals surface area contributed by atoms with E-state index in [9.17, 15) is 9.59 Å². The molecular formula is C21H19Cl2N3O2S2. The summed E-state index contributed by atoms with van der Waals surface area (Å²) in [5, 5.41) is 4.42. The minimum absolute atomic E-state index is 0.0379. The van der Waals surface area contributed by atoms with Crippen molar-refractivity contribution < 1.29 is 9.59 Å². The lowest BCUT2D eigenvalue weighted by Gasteiger charge is -2.09. The number of benzene rings is 2. The van der Waals surface area contributed by atoms with Crippen LogP contribution in [0.2, 0.25) is 10.0 Å². The molecule has 0 radical (unpaired) electrons. The van der Waals surface area contributed by atoms with Crippen molar-refractivity contribution in [2.24, 2.45) is 0 Å². The van der Waals surface area contributed by atoms with Gasteiger partial charge in [0.15, 0.2) is 5.13 Å². The number of thiazole rings is 1. The van der Waals surface area contributed by atoms with E-state index >= 15 is 0 Å². The Kier molecular flexibility index (Phi) is 7.77. The highest BCUT2D eigenvalue weighted by Crippen LogP contribution is 2.43. The van der Waals surface area contributed by atoms with Crippen LogP contribution >= 0.6 is 46.3 Å². The number of nitrogens with one attached hydrogen (secondary N) is 1. The summed E-state index contributed by atoms with van der Waals surface area (Å²) in [6, 6.07) is 14.9. The van der Waals surface area contributed by atoms with Crippen LogP contribution in [-0.2, 0) is 9.59 Å². The molecule has 1 heterocycles. The van der Waals surface area contributed by atoms with Crippen LogP contribution in [0.15, 0.2) is 48.5 Å². The van der Waals surface area contributed by atoms with E-state index in [2.05, 4.69) is 10.3 Å². The zero-order valence-electron chi connectivity index (χ0n) is 16.3. The Labute approximate surface area is 193 Å². The second-order valence-corrected chi connectivity index (χ2v) is 9.28. The minimum atomic E-state index is -0.225. The molecule has 0 bridgehead atoms. The fraction of sp³-hybridized carbons (Fsp3) is 0.190. The Morgan fingerprint density at radius 1 is 1.00 bits per heavy atom. The van der Waals surface area contributed by atoms with Crippen LogP contribution in [0.1, 0.15) is 0 Å². The highest BCUT2D eigenvalue weighted by Gasteiger charge is 2.20. The number of carbonyl (C=O) groups is 2. The van der Waals surface area contributed by atoms with E-state index in [0.29, 0.717) is 20.9 Å². The molecule has 2 aromatic carbocycles. The van der Waals surface area contributed by atoms with Crippen LogP contribution in [0.4, 0.5) is 5.13 Å². The first-order chi connectivity index (χ1) is 14.4. The maximum atomic E-state index is 12.3. The van der Waals surface area contributed by atoms with Crippen molar-refractivity contribution in [2.45, 2.75) is 0 Å². The number of hydrogen-bond donors (Lipinski definition) is 1. The number of hydrogen-bond acceptors (Lipinski definition) is 5. The SMILES string of the molecule is CN(C)C(=O)CSCC(=O)Nc1nc(-c2ccccc2Cl)c(-c2ccccc2Cl)s1. The van der Waals surface area contributed by atoms with Gasteiger partial charge in [-0.1, -0.05) is 70.9 Å². The van der Waals surface area contributed by atoms with Gasteiger partial charge in [0.25, 0.3) is 0 Å². The van der Waals surface area contributed by atoms with E-state index in [4.69, 9.17) is 23.2 Å². The van der Waals surface area contributed by atoms with Crippen molar-refractivity contribution in [1.29, 1.82) is 0 Å². The third-order valence-corrected chi connectivity index (χ3v) is 6.66. The molecule has 0 fully saturated rings. The second kappa shape index (κ2) is 10.3. The maximum Gasteiger partial charge on any atom is 0.236 e. The third-order valence-electron chi connectivity index (χ3n) is 4.08. The van der Waals surface area contributed by atoms with Crippen LogP contribution in [-0.4, -0.2) is 47.3 Å². The molecular weight excluding hydrogens is 461 g/mol. The second-order valence-electron chi connectivity index (χ2n) is 6.49. The van der Waals surface area contributed by atoms with Crippen LogP contribution in [0.5, 0.6) is 0 Å². The van der Waals surface area contributed by atoms with Crippen molar-refractivity contribution in [1.82, 2.24) is 9.88 Å². The number of halogens is 2. The summed E-state index contributed by atoms with van der Waals surface area (Å²) >= 11 is 15.4. The third kappa shape index (κ3) is 5.55. The highest BCUT2D eigenvalue weighted by molar-refractivity contribution is 8.00. The van der Waals surface area contributed by atoms with Gasteiger partial charge in [0.1, 0.15) is 0 Å². The average Bonchev–Trinajstić information content (AvgIpc) is 3.11. The summed E-state index contributed by atoms with van der Waals surface area (Å²) in [6.07, 6.45) is 0. The Balaban J connectivity index is 1.86. The normalized spacial score (nSPS) is 10.7. The van der Waals surface area contributed by atoms with E-state index in [-0.39, 0.29) is 23.3 Å². The smallest absolute Gasteiger partial charge is 0.236 e. The van der Waals surface area contributed by atoms with Crippen molar-refractivity contribution in [3.63, 3.8) is 0 Å². The molecule has 0 atom stereocenters. The molecule has 0 saturated carbocycles. The molecule has 5 nitrogen and oxygen atoms in total. The van der Waals surface area contributed by atoms with E-state index in [1.54, 1.807) is 20.2 Å². The highest BCUT2D eigenvalue weighted by atomic mass is 35.5. The molecule has 30 heavy (non-hydrogen) atoms. The molecule has 3 aromatic rings. The Bertz CT molecular complexity index is 1010. The van der Waals surface area contributed by atoms with Gasteiger partial charge in [-0.25, -0.2) is 4.98 Å². The Morgan fingerprint density at radius 2 is 1.60 bits per heavy atom. The first kappa shape index (κ1) is 22.6. The number of amides is 2. The summed E-state index contributed by atoms with van der Waals surface area (Å²) in [5.74, 6) is 0.136. The topological polar surface area (TPSA) is 62.3 Å². The zero-order valence-corrected chi connectivity index (χ0v) is 19.5. The quantitative estimate of drug-likeness (QED) is 0.482. The molecule has 0 spiro atoms. The molecule has 156 valence electrons. The number of carbonyl (C=O) groups excluding carboxylic acids is 2. The minimum Gasteiger partial charge on any atom is -0.348 e. The summed E-state index contributed by atoms with van der Waals surface area (Å²) < 4.78 is 0. The van der Waals surface area contributed by atoms with Crippen molar-refractivity contribution in [3.05, 3.63) is 58.6 Å². The van der Waals surface area contributed by atoms with Gasteiger partial charge in [0.05, 0.1) is 27.1 Å². The van der Waals surface area contributed by atoms with E-state index in [1.807, 2.05) is 42.5 Å². The number of anilines is 1. The fourth-order valence-corrected chi connectivity index (χ4v) is 4.89. The standard InChI is InChI=1S/C21H19Cl2N3O2S2/c1-26(2)18(28)12-29-11-17(27)24-21-25-19(13-7-3-5-9-15(13)22)20(30-21)14-8-4-6-10-16(14)23/h3-10H,11-12H2,1-2H3,(H,24,25,27). The van der Waals surface area contributed by atoms with E-state index in [0.717, 1.165) is 16.0 Å². The lowest BCUT2D eigenvalue weighted by atomic mass is 10.1. The van der Waals surface area contributed by atoms with E-state index < -0.39 is 0 Å². The monoisotopic (exact) mass is 479 g/mol. The van der Waals surface area contributed by atoms with Crippen molar-refractivity contribution >= 4 is 63.2 Å². The first-order valence-corrected chi connectivity index (χ1v) is 11.7. The van der Waals surface area contributed by atoms with Gasteiger partial charge < -0.3 is 10.2 Å². The van der Waals surface area contributed by atoms with Gasteiger partial charge in [-0.05, 0) is 12.1 Å². The Morgan fingerprint density at radius 3 is 2.20 bits per heavy atom. The van der Waals surface area contributed by atoms with Crippen molar-refractivity contribution in [2.75, 3.05) is 30.9 Å².